The van der Waals surface area contributed by atoms with E-state index in [0.29, 0.717) is 6.42 Å². The van der Waals surface area contributed by atoms with E-state index in [-0.39, 0.29) is 0 Å². The van der Waals surface area contributed by atoms with Crippen molar-refractivity contribution >= 4 is 0 Å². The van der Waals surface area contributed by atoms with Crippen molar-refractivity contribution in [3.05, 3.63) is 12.2 Å². The molecule has 0 aromatic rings. The highest BCUT2D eigenvalue weighted by atomic mass is 16.5. The minimum Gasteiger partial charge on any atom is -0.368 e. The summed E-state index contributed by atoms with van der Waals surface area (Å²) in [4.78, 5) is 0. The summed E-state index contributed by atoms with van der Waals surface area (Å²) in [5.41, 5.74) is 0. The molecule has 3 unspecified atom stereocenters. The van der Waals surface area contributed by atoms with E-state index in [1.54, 1.807) is 0 Å². The van der Waals surface area contributed by atoms with E-state index in [0.717, 1.165) is 30.6 Å². The zero-order chi connectivity index (χ0) is 19.0. The van der Waals surface area contributed by atoms with Crippen LogP contribution in [0.5, 0.6) is 0 Å². The molecule has 1 saturated carbocycles. The van der Waals surface area contributed by atoms with E-state index in [1.807, 2.05) is 0 Å². The van der Waals surface area contributed by atoms with Crippen molar-refractivity contribution in [2.24, 2.45) is 17.8 Å². The molecule has 0 saturated heterocycles. The Morgan fingerprint density at radius 2 is 1.54 bits per heavy atom. The Hall–Kier alpha value is -0.340. The fourth-order valence-corrected chi connectivity index (χ4v) is 4.75. The Kier molecular flexibility index (Phi) is 14.3. The Morgan fingerprint density at radius 3 is 2.27 bits per heavy atom. The van der Waals surface area contributed by atoms with Gasteiger partial charge < -0.3 is 10.2 Å². The third kappa shape index (κ3) is 10.7. The molecule has 2 N–H and O–H groups in total. The number of rotatable bonds is 16. The van der Waals surface area contributed by atoms with Gasteiger partial charge in [-0.25, -0.2) is 0 Å². The number of aliphatic hydroxyl groups is 2. The third-order valence-corrected chi connectivity index (χ3v) is 6.41. The first-order valence-electron chi connectivity index (χ1n) is 11.7. The third-order valence-electron chi connectivity index (χ3n) is 6.41. The summed E-state index contributed by atoms with van der Waals surface area (Å²) in [7, 11) is 0. The largest absolute Gasteiger partial charge is 0.368 e. The molecule has 0 bridgehead atoms. The van der Waals surface area contributed by atoms with Crippen LogP contribution >= 0.6 is 0 Å². The lowest BCUT2D eigenvalue weighted by Gasteiger charge is -2.22. The summed E-state index contributed by atoms with van der Waals surface area (Å²) in [5, 5.41) is 17.8. The van der Waals surface area contributed by atoms with Crippen molar-refractivity contribution in [2.45, 2.75) is 123 Å². The quantitative estimate of drug-likeness (QED) is 0.175. The molecule has 0 aromatic heterocycles. The zero-order valence-corrected chi connectivity index (χ0v) is 17.7. The maximum atomic E-state index is 8.88. The van der Waals surface area contributed by atoms with Crippen molar-refractivity contribution in [3.63, 3.8) is 0 Å². The maximum absolute atomic E-state index is 8.88. The fraction of sp³-hybridized carbons (Fsp3) is 0.917. The first kappa shape index (κ1) is 23.7. The van der Waals surface area contributed by atoms with Crippen molar-refractivity contribution in [1.29, 1.82) is 0 Å². The van der Waals surface area contributed by atoms with Gasteiger partial charge in [-0.15, -0.1) is 0 Å². The Labute approximate surface area is 163 Å². The van der Waals surface area contributed by atoms with Crippen LogP contribution in [0.15, 0.2) is 12.2 Å². The molecule has 0 amide bonds. The van der Waals surface area contributed by atoms with Crippen LogP contribution in [0.4, 0.5) is 0 Å². The molecule has 0 spiro atoms. The lowest BCUT2D eigenvalue weighted by atomic mass is 9.83. The number of hydrogen-bond acceptors (Lipinski definition) is 2. The van der Waals surface area contributed by atoms with Gasteiger partial charge in [-0.3, -0.25) is 0 Å². The predicted molar refractivity (Wildman–Crippen MR) is 113 cm³/mol. The van der Waals surface area contributed by atoms with Crippen LogP contribution in [0, 0.1) is 17.8 Å². The van der Waals surface area contributed by atoms with Gasteiger partial charge in [0.05, 0.1) is 0 Å². The van der Waals surface area contributed by atoms with Crippen LogP contribution in [0.3, 0.4) is 0 Å². The smallest absolute Gasteiger partial charge is 0.151 e. The van der Waals surface area contributed by atoms with Crippen LogP contribution in [0.25, 0.3) is 0 Å². The van der Waals surface area contributed by atoms with E-state index in [4.69, 9.17) is 10.2 Å². The van der Waals surface area contributed by atoms with Gasteiger partial charge in [-0.2, -0.15) is 0 Å². The van der Waals surface area contributed by atoms with Gasteiger partial charge in [-0.1, -0.05) is 83.8 Å². The van der Waals surface area contributed by atoms with Gasteiger partial charge in [-0.05, 0) is 62.7 Å². The molecule has 0 aliphatic heterocycles. The zero-order valence-electron chi connectivity index (χ0n) is 17.7. The molecule has 3 atom stereocenters. The van der Waals surface area contributed by atoms with Gasteiger partial charge in [0.25, 0.3) is 0 Å². The van der Waals surface area contributed by atoms with Crippen molar-refractivity contribution in [2.75, 3.05) is 0 Å². The number of allylic oxidation sites excluding steroid dienone is 2. The maximum Gasteiger partial charge on any atom is 0.151 e. The Morgan fingerprint density at radius 1 is 0.846 bits per heavy atom. The summed E-state index contributed by atoms with van der Waals surface area (Å²) in [5.74, 6) is 2.69. The first-order valence-corrected chi connectivity index (χ1v) is 11.7. The summed E-state index contributed by atoms with van der Waals surface area (Å²) in [6.45, 7) is 4.65. The van der Waals surface area contributed by atoms with E-state index in [2.05, 4.69) is 26.0 Å². The predicted octanol–water partition coefficient (Wildman–Crippen LogP) is 7.00. The van der Waals surface area contributed by atoms with Crippen molar-refractivity contribution < 1.29 is 10.2 Å². The molecular weight excluding hydrogens is 320 g/mol. The molecule has 1 fully saturated rings. The highest BCUT2D eigenvalue weighted by molar-refractivity contribution is 4.97. The molecule has 2 nitrogen and oxygen atoms in total. The first-order chi connectivity index (χ1) is 12.7. The minimum absolute atomic E-state index is 0.534. The van der Waals surface area contributed by atoms with E-state index < -0.39 is 6.29 Å². The molecule has 2 heteroatoms. The number of hydrogen-bond donors (Lipinski definition) is 2. The van der Waals surface area contributed by atoms with Crippen LogP contribution < -0.4 is 0 Å². The van der Waals surface area contributed by atoms with Gasteiger partial charge in [0.2, 0.25) is 0 Å². The van der Waals surface area contributed by atoms with Crippen molar-refractivity contribution in [1.82, 2.24) is 0 Å². The second kappa shape index (κ2) is 15.7. The monoisotopic (exact) mass is 366 g/mol. The minimum atomic E-state index is -1.11. The van der Waals surface area contributed by atoms with Crippen LogP contribution in [-0.2, 0) is 0 Å². The standard InChI is InChI=1S/C24H46O2/c1-3-5-6-7-8-10-13-16-22-20-19-21(4-2)23(22)17-14-11-9-12-15-18-24(25)26/h13,16,21-26H,3-12,14-15,17-20H2,1-2H3. The molecule has 0 aromatic carbocycles. The lowest BCUT2D eigenvalue weighted by Crippen LogP contribution is -2.13. The van der Waals surface area contributed by atoms with Crippen LogP contribution in [0.1, 0.15) is 117 Å². The van der Waals surface area contributed by atoms with Gasteiger partial charge in [0.1, 0.15) is 0 Å². The van der Waals surface area contributed by atoms with Gasteiger partial charge >= 0.3 is 0 Å². The summed E-state index contributed by atoms with van der Waals surface area (Å²) < 4.78 is 0. The molecule has 26 heavy (non-hydrogen) atoms. The lowest BCUT2D eigenvalue weighted by molar-refractivity contribution is -0.0466. The number of aliphatic hydroxyl groups excluding tert-OH is 1. The number of unbranched alkanes of at least 4 members (excludes halogenated alkanes) is 9. The SMILES string of the molecule is CCCCCCCC=CC1CCC(CC)C1CCCCCCCC(O)O. The molecular formula is C24H46O2. The molecule has 0 radical (unpaired) electrons. The van der Waals surface area contributed by atoms with Gasteiger partial charge in [0, 0.05) is 0 Å². The summed E-state index contributed by atoms with van der Waals surface area (Å²) in [6.07, 6.45) is 24.2. The Balaban J connectivity index is 2.19. The summed E-state index contributed by atoms with van der Waals surface area (Å²) >= 11 is 0. The second-order valence-electron chi connectivity index (χ2n) is 8.53. The van der Waals surface area contributed by atoms with E-state index in [9.17, 15) is 0 Å². The van der Waals surface area contributed by atoms with Crippen LogP contribution in [0.2, 0.25) is 0 Å². The highest BCUT2D eigenvalue weighted by Crippen LogP contribution is 2.42. The molecule has 154 valence electrons. The fourth-order valence-electron chi connectivity index (χ4n) is 4.75. The molecule has 1 aliphatic rings. The Bertz CT molecular complexity index is 337. The average molecular weight is 367 g/mol. The van der Waals surface area contributed by atoms with Crippen LogP contribution in [-0.4, -0.2) is 16.5 Å². The molecule has 0 heterocycles. The normalized spacial score (nSPS) is 23.5. The van der Waals surface area contributed by atoms with Gasteiger partial charge in [0.15, 0.2) is 6.29 Å². The summed E-state index contributed by atoms with van der Waals surface area (Å²) in [6, 6.07) is 0. The molecule has 1 aliphatic carbocycles. The van der Waals surface area contributed by atoms with E-state index >= 15 is 0 Å². The second-order valence-corrected chi connectivity index (χ2v) is 8.53. The van der Waals surface area contributed by atoms with Crippen molar-refractivity contribution in [3.8, 4) is 0 Å². The van der Waals surface area contributed by atoms with E-state index in [1.165, 1.54) is 83.5 Å². The topological polar surface area (TPSA) is 40.5 Å². The average Bonchev–Trinajstić information content (AvgIpc) is 3.01. The molecule has 1 rings (SSSR count). The highest BCUT2D eigenvalue weighted by Gasteiger charge is 2.32.